The smallest absolute Gasteiger partial charge is 0.349 e. The zero-order valence-corrected chi connectivity index (χ0v) is 16.8. The molecule has 3 aliphatic rings. The van der Waals surface area contributed by atoms with E-state index in [4.69, 9.17) is 0 Å². The van der Waals surface area contributed by atoms with Gasteiger partial charge in [0.2, 0.25) is 0 Å². The standard InChI is InChI=1S/C17H19N4O8P/c1-7-3-9-10(4-8(7)2)21(15-13(18-9)16(24)20-17(25)19-15)5-11(22)14(23)12-6-28-30(26,27)29-12/h3-4,11-12,14,22-23H,5-6H2,1-2H3,(H,26,27)(H,20,24,25)/p-1/t11-,12+,14-/m1/s1. The van der Waals surface area contributed by atoms with E-state index in [0.29, 0.717) is 11.0 Å². The number of phosphoric ester groups is 1. The Hall–Kier alpha value is -2.47. The van der Waals surface area contributed by atoms with Crippen LogP contribution in [-0.2, 0) is 20.2 Å². The summed E-state index contributed by atoms with van der Waals surface area (Å²) < 4.78 is 21.8. The fourth-order valence-electron chi connectivity index (χ4n) is 3.33. The molecule has 0 radical (unpaired) electrons. The number of aliphatic hydroxyl groups excluding tert-OH is 2. The molecule has 1 saturated heterocycles. The molecular formula is C17H18N4O8P-. The van der Waals surface area contributed by atoms with Gasteiger partial charge in [-0.05, 0) is 37.1 Å². The van der Waals surface area contributed by atoms with E-state index >= 15 is 0 Å². The van der Waals surface area contributed by atoms with Crippen molar-refractivity contribution in [2.45, 2.75) is 38.7 Å². The van der Waals surface area contributed by atoms with Gasteiger partial charge in [-0.15, -0.1) is 0 Å². The SMILES string of the molecule is Cc1cc2nc3c(=O)[nH]c(=O)nc-3n(C[C@@H](O)[C@@H](O)[C@@H]3COP(=O)([O-])O3)c2cc1C. The van der Waals surface area contributed by atoms with Crippen molar-refractivity contribution in [2.75, 3.05) is 6.61 Å². The lowest BCUT2D eigenvalue weighted by Crippen LogP contribution is -2.41. The number of hydrogen-bond acceptors (Lipinski definition) is 10. The van der Waals surface area contributed by atoms with Crippen molar-refractivity contribution in [3.63, 3.8) is 0 Å². The summed E-state index contributed by atoms with van der Waals surface area (Å²) in [5, 5.41) is 20.9. The minimum Gasteiger partial charge on any atom is -0.756 e. The maximum atomic E-state index is 12.3. The fourth-order valence-corrected chi connectivity index (χ4v) is 4.24. The first-order valence-electron chi connectivity index (χ1n) is 8.98. The Kier molecular flexibility index (Phi) is 5.09. The van der Waals surface area contributed by atoms with Crippen molar-refractivity contribution in [3.05, 3.63) is 44.1 Å². The Bertz CT molecular complexity index is 1270. The quantitative estimate of drug-likeness (QED) is 0.332. The van der Waals surface area contributed by atoms with Gasteiger partial charge in [0.1, 0.15) is 18.3 Å². The van der Waals surface area contributed by atoms with Crippen LogP contribution in [0.15, 0.2) is 21.7 Å². The summed E-state index contributed by atoms with van der Waals surface area (Å²) in [5.41, 5.74) is 0.940. The molecule has 12 nitrogen and oxygen atoms in total. The first-order valence-corrected chi connectivity index (χ1v) is 10.4. The molecule has 0 spiro atoms. The molecule has 0 saturated carbocycles. The van der Waals surface area contributed by atoms with Gasteiger partial charge < -0.3 is 28.7 Å². The molecular weight excluding hydrogens is 419 g/mol. The average molecular weight is 437 g/mol. The van der Waals surface area contributed by atoms with Crippen molar-refractivity contribution in [1.82, 2.24) is 19.5 Å². The number of fused-ring (bicyclic) bond motifs is 2. The van der Waals surface area contributed by atoms with E-state index in [9.17, 15) is 29.3 Å². The molecule has 1 unspecified atom stereocenters. The van der Waals surface area contributed by atoms with Crippen LogP contribution in [0.3, 0.4) is 0 Å². The number of hydrogen-bond donors (Lipinski definition) is 3. The fraction of sp³-hybridized carbons (Fsp3) is 0.412. The van der Waals surface area contributed by atoms with Crippen LogP contribution < -0.4 is 16.1 Å². The van der Waals surface area contributed by atoms with Crippen LogP contribution in [0.5, 0.6) is 0 Å². The zero-order chi connectivity index (χ0) is 21.8. The van der Waals surface area contributed by atoms with Crippen molar-refractivity contribution in [3.8, 4) is 11.5 Å². The van der Waals surface area contributed by atoms with Gasteiger partial charge in [0.05, 0.1) is 24.2 Å². The molecule has 3 N–H and O–H groups in total. The lowest BCUT2D eigenvalue weighted by atomic mass is 10.1. The number of nitrogens with one attached hydrogen (secondary N) is 1. The monoisotopic (exact) mass is 437 g/mol. The predicted octanol–water partition coefficient (Wildman–Crippen LogP) is -1.19. The van der Waals surface area contributed by atoms with Gasteiger partial charge in [-0.2, -0.15) is 4.98 Å². The number of benzene rings is 1. The van der Waals surface area contributed by atoms with E-state index in [0.717, 1.165) is 11.1 Å². The second-order valence-corrected chi connectivity index (χ2v) is 8.50. The average Bonchev–Trinajstić information content (AvgIpc) is 3.03. The van der Waals surface area contributed by atoms with Gasteiger partial charge in [-0.25, -0.2) is 9.78 Å². The van der Waals surface area contributed by atoms with Crippen molar-refractivity contribution >= 4 is 18.9 Å². The molecule has 1 fully saturated rings. The van der Waals surface area contributed by atoms with E-state index in [2.05, 4.69) is 19.0 Å². The highest BCUT2D eigenvalue weighted by atomic mass is 31.2. The highest BCUT2D eigenvalue weighted by Gasteiger charge is 2.37. The number of phosphoric acid groups is 1. The Labute approximate surface area is 168 Å². The third-order valence-electron chi connectivity index (χ3n) is 5.03. The summed E-state index contributed by atoms with van der Waals surface area (Å²) in [5.74, 6) is -0.0798. The van der Waals surface area contributed by atoms with Crippen LogP contribution >= 0.6 is 7.82 Å². The molecule has 0 bridgehead atoms. The van der Waals surface area contributed by atoms with Gasteiger partial charge >= 0.3 is 5.69 Å². The van der Waals surface area contributed by atoms with Crippen LogP contribution in [0.4, 0.5) is 0 Å². The molecule has 0 aromatic heterocycles. The summed E-state index contributed by atoms with van der Waals surface area (Å²) in [6.45, 7) is 2.96. The van der Waals surface area contributed by atoms with Crippen LogP contribution in [0, 0.1) is 13.8 Å². The van der Waals surface area contributed by atoms with E-state index in [1.807, 2.05) is 18.8 Å². The van der Waals surface area contributed by atoms with Crippen LogP contribution in [0.1, 0.15) is 11.1 Å². The van der Waals surface area contributed by atoms with Gasteiger partial charge in [0.25, 0.3) is 13.4 Å². The first kappa shape index (κ1) is 20.8. The van der Waals surface area contributed by atoms with Crippen LogP contribution in [-0.4, -0.2) is 54.7 Å². The number of aryl methyl sites for hydroxylation is 2. The van der Waals surface area contributed by atoms with Gasteiger partial charge in [-0.3, -0.25) is 14.3 Å². The second kappa shape index (κ2) is 7.34. The van der Waals surface area contributed by atoms with Crippen molar-refractivity contribution in [2.24, 2.45) is 0 Å². The van der Waals surface area contributed by atoms with Gasteiger partial charge in [-0.1, -0.05) is 0 Å². The highest BCUT2D eigenvalue weighted by Crippen LogP contribution is 2.46. The Balaban J connectivity index is 1.83. The summed E-state index contributed by atoms with van der Waals surface area (Å²) in [6.07, 6.45) is -4.45. The van der Waals surface area contributed by atoms with Gasteiger partial charge in [0.15, 0.2) is 11.5 Å². The lowest BCUT2D eigenvalue weighted by Gasteiger charge is -2.25. The molecule has 3 heterocycles. The molecule has 4 rings (SSSR count). The minimum absolute atomic E-state index is 0.0798. The molecule has 3 aliphatic heterocycles. The van der Waals surface area contributed by atoms with Crippen LogP contribution in [0.2, 0.25) is 0 Å². The second-order valence-electron chi connectivity index (χ2n) is 7.14. The normalized spacial score (nSPS) is 23.8. The maximum absolute atomic E-state index is 12.3. The Morgan fingerprint density at radius 3 is 2.67 bits per heavy atom. The van der Waals surface area contributed by atoms with E-state index in [-0.39, 0.29) is 18.1 Å². The number of nitrogens with zero attached hydrogens (tertiary/aromatic N) is 3. The topological polar surface area (TPSA) is 180 Å². The third-order valence-corrected chi connectivity index (χ3v) is 6.02. The summed E-state index contributed by atoms with van der Waals surface area (Å²) in [6, 6.07) is 3.50. The molecule has 1 aromatic rings. The number of aromatic amines is 1. The number of H-pyrrole nitrogens is 1. The molecule has 30 heavy (non-hydrogen) atoms. The summed E-state index contributed by atoms with van der Waals surface area (Å²) >= 11 is 0. The van der Waals surface area contributed by atoms with Gasteiger partial charge in [0, 0.05) is 0 Å². The molecule has 160 valence electrons. The lowest BCUT2D eigenvalue weighted by molar-refractivity contribution is -0.216. The first-order chi connectivity index (χ1) is 14.1. The summed E-state index contributed by atoms with van der Waals surface area (Å²) in [7, 11) is -4.52. The molecule has 0 aliphatic carbocycles. The third kappa shape index (κ3) is 3.69. The van der Waals surface area contributed by atoms with Crippen molar-refractivity contribution < 1.29 is 28.7 Å². The molecule has 0 amide bonds. The van der Waals surface area contributed by atoms with E-state index in [1.54, 1.807) is 12.1 Å². The Morgan fingerprint density at radius 1 is 1.30 bits per heavy atom. The molecule has 4 atom stereocenters. The largest absolute Gasteiger partial charge is 0.756 e. The molecule has 13 heteroatoms. The minimum atomic E-state index is -4.52. The van der Waals surface area contributed by atoms with E-state index < -0.39 is 44.0 Å². The maximum Gasteiger partial charge on any atom is 0.349 e. The highest BCUT2D eigenvalue weighted by molar-refractivity contribution is 7.46. The predicted molar refractivity (Wildman–Crippen MR) is 101 cm³/mol. The van der Waals surface area contributed by atoms with Crippen molar-refractivity contribution in [1.29, 1.82) is 0 Å². The Morgan fingerprint density at radius 2 is 2.00 bits per heavy atom. The number of rotatable bonds is 4. The van der Waals surface area contributed by atoms with Crippen LogP contribution in [0.25, 0.3) is 22.6 Å². The molecule has 1 aromatic carbocycles. The summed E-state index contributed by atoms with van der Waals surface area (Å²) in [4.78, 5) is 45.5. The number of aromatic nitrogens is 4. The number of aliphatic hydroxyl groups is 2. The van der Waals surface area contributed by atoms with E-state index in [1.165, 1.54) is 4.57 Å². The zero-order valence-electron chi connectivity index (χ0n) is 15.9.